The molecule has 0 aliphatic heterocycles. The zero-order valence-electron chi connectivity index (χ0n) is 20.4. The van der Waals surface area contributed by atoms with Crippen molar-refractivity contribution in [1.29, 1.82) is 0 Å². The molecule has 1 N–H and O–H groups in total. The molecule has 16 heteroatoms. The third-order valence-corrected chi connectivity index (χ3v) is 7.22. The number of aryl methyl sites for hydroxylation is 1. The minimum absolute atomic E-state index is 0.218. The monoisotopic (exact) mass is 589 g/mol. The number of pyridine rings is 2. The summed E-state index contributed by atoms with van der Waals surface area (Å²) in [6.45, 7) is 5.23. The summed E-state index contributed by atoms with van der Waals surface area (Å²) >= 11 is 5.87. The number of nitrogens with zero attached hydrogens (tertiary/aromatic N) is 4. The number of aromatic nitrogens is 4. The Morgan fingerprint density at radius 1 is 1.05 bits per heavy atom. The number of halogens is 6. The average molecular weight is 590 g/mol. The van der Waals surface area contributed by atoms with Crippen LogP contribution in [0.2, 0.25) is 5.15 Å². The van der Waals surface area contributed by atoms with E-state index in [0.29, 0.717) is 24.4 Å². The Hall–Kier alpha value is -3.85. The highest BCUT2D eigenvalue weighted by molar-refractivity contribution is 7.92. The summed E-state index contributed by atoms with van der Waals surface area (Å²) in [5, 5.41) is -1.13. The van der Waals surface area contributed by atoms with E-state index in [-0.39, 0.29) is 17.3 Å². The van der Waals surface area contributed by atoms with E-state index >= 15 is 0 Å². The van der Waals surface area contributed by atoms with Gasteiger partial charge in [0, 0.05) is 6.20 Å². The molecule has 0 amide bonds. The molecule has 0 bridgehead atoms. The summed E-state index contributed by atoms with van der Waals surface area (Å²) in [5.74, 6) is -12.9. The zero-order chi connectivity index (χ0) is 29.0. The molecule has 0 saturated carbocycles. The maximum absolute atomic E-state index is 14.6. The molecule has 0 aliphatic rings. The Morgan fingerprint density at radius 3 is 2.31 bits per heavy atom. The number of anilines is 1. The van der Waals surface area contributed by atoms with Gasteiger partial charge in [-0.05, 0) is 30.5 Å². The van der Waals surface area contributed by atoms with Crippen LogP contribution in [0.4, 0.5) is 27.8 Å². The zero-order valence-corrected chi connectivity index (χ0v) is 22.0. The van der Waals surface area contributed by atoms with Gasteiger partial charge in [0.2, 0.25) is 11.6 Å². The Labute approximate surface area is 222 Å². The first kappa shape index (κ1) is 28.2. The molecule has 0 fully saturated rings. The highest BCUT2D eigenvalue weighted by atomic mass is 35.5. The van der Waals surface area contributed by atoms with Crippen molar-refractivity contribution in [3.63, 3.8) is 0 Å². The smallest absolute Gasteiger partial charge is 0.355 e. The second-order valence-electron chi connectivity index (χ2n) is 8.45. The first-order valence-electron chi connectivity index (χ1n) is 10.9. The lowest BCUT2D eigenvalue weighted by Crippen LogP contribution is -2.28. The molecule has 4 rings (SSSR count). The van der Waals surface area contributed by atoms with E-state index < -0.39 is 71.8 Å². The topological polar surface area (TPSA) is 116 Å². The summed E-state index contributed by atoms with van der Waals surface area (Å²) in [6, 6.07) is 2.28. The number of ether oxygens (including phenoxy) is 1. The highest BCUT2D eigenvalue weighted by Gasteiger charge is 2.35. The van der Waals surface area contributed by atoms with Gasteiger partial charge in [0.1, 0.15) is 0 Å². The van der Waals surface area contributed by atoms with Gasteiger partial charge in [0.25, 0.3) is 10.0 Å². The van der Waals surface area contributed by atoms with Crippen LogP contribution in [0.5, 0.6) is 5.75 Å². The van der Waals surface area contributed by atoms with Crippen LogP contribution in [0.1, 0.15) is 31.0 Å². The van der Waals surface area contributed by atoms with E-state index in [4.69, 9.17) is 11.6 Å². The molecule has 9 nitrogen and oxygen atoms in total. The average Bonchev–Trinajstić information content (AvgIpc) is 2.86. The number of methoxy groups -OCH3 is 1. The minimum Gasteiger partial charge on any atom is -0.492 e. The van der Waals surface area contributed by atoms with Crippen LogP contribution in [0.3, 0.4) is 0 Å². The number of nitrogens with one attached hydrogen (secondary N) is 1. The Bertz CT molecular complexity index is 1830. The predicted molar refractivity (Wildman–Crippen MR) is 130 cm³/mol. The summed E-state index contributed by atoms with van der Waals surface area (Å²) < 4.78 is 104. The van der Waals surface area contributed by atoms with Crippen molar-refractivity contribution in [1.82, 2.24) is 19.5 Å². The molecule has 39 heavy (non-hydrogen) atoms. The minimum atomic E-state index is -5.39. The number of hydrogen-bond donors (Lipinski definition) is 1. The van der Waals surface area contributed by atoms with Crippen molar-refractivity contribution in [2.75, 3.05) is 11.8 Å². The molecule has 206 valence electrons. The number of sulfonamides is 1. The van der Waals surface area contributed by atoms with Gasteiger partial charge < -0.3 is 4.74 Å². The second kappa shape index (κ2) is 10.0. The van der Waals surface area contributed by atoms with Gasteiger partial charge in [-0.3, -0.25) is 9.71 Å². The van der Waals surface area contributed by atoms with Gasteiger partial charge in [-0.2, -0.15) is 9.37 Å². The van der Waals surface area contributed by atoms with Gasteiger partial charge in [-0.15, -0.1) is 0 Å². The normalized spacial score (nSPS) is 11.9. The SMILES string of the molecule is COc1c(F)c(F)c(F)c(F)c1S(=O)(=O)Nc1nc(=O)n(-c2c(C)ccnc2C(C)C)c2nc(Cl)c(F)cc12. The van der Waals surface area contributed by atoms with Gasteiger partial charge in [-0.1, -0.05) is 25.4 Å². The van der Waals surface area contributed by atoms with Crippen LogP contribution < -0.4 is 15.1 Å². The lowest BCUT2D eigenvalue weighted by Gasteiger charge is -2.19. The molecule has 0 atom stereocenters. The van der Waals surface area contributed by atoms with Crippen molar-refractivity contribution in [3.8, 4) is 11.4 Å². The number of hydrogen-bond acceptors (Lipinski definition) is 7. The first-order valence-corrected chi connectivity index (χ1v) is 12.7. The lowest BCUT2D eigenvalue weighted by molar-refractivity contribution is 0.328. The Kier molecular flexibility index (Phi) is 7.25. The molecular formula is C23H17ClF5N5O4S. The molecule has 0 unspecified atom stereocenters. The van der Waals surface area contributed by atoms with Crippen molar-refractivity contribution >= 4 is 38.5 Å². The predicted octanol–water partition coefficient (Wildman–Crippen LogP) is 4.77. The lowest BCUT2D eigenvalue weighted by atomic mass is 10.0. The van der Waals surface area contributed by atoms with Crippen LogP contribution in [0.15, 0.2) is 28.0 Å². The van der Waals surface area contributed by atoms with Gasteiger partial charge >= 0.3 is 5.69 Å². The summed E-state index contributed by atoms with van der Waals surface area (Å²) in [6.07, 6.45) is 1.50. The van der Waals surface area contributed by atoms with Crippen LogP contribution in [-0.2, 0) is 10.0 Å². The Morgan fingerprint density at radius 2 is 1.69 bits per heavy atom. The fraction of sp³-hybridized carbons (Fsp3) is 0.217. The summed E-state index contributed by atoms with van der Waals surface area (Å²) in [4.78, 5) is 23.4. The van der Waals surface area contributed by atoms with E-state index in [1.807, 2.05) is 0 Å². The molecule has 0 saturated heterocycles. The van der Waals surface area contributed by atoms with Gasteiger partial charge in [0.15, 0.2) is 44.7 Å². The molecule has 3 heterocycles. The van der Waals surface area contributed by atoms with Crippen LogP contribution in [0, 0.1) is 36.0 Å². The third-order valence-electron chi connectivity index (χ3n) is 5.59. The van der Waals surface area contributed by atoms with Gasteiger partial charge in [0.05, 0.1) is 23.9 Å². The fourth-order valence-corrected chi connectivity index (χ4v) is 5.24. The molecule has 4 aromatic rings. The van der Waals surface area contributed by atoms with Crippen molar-refractivity contribution in [3.05, 3.63) is 74.3 Å². The molecule has 0 spiro atoms. The van der Waals surface area contributed by atoms with E-state index in [9.17, 15) is 35.2 Å². The van der Waals surface area contributed by atoms with E-state index in [0.717, 1.165) is 4.57 Å². The molecule has 3 aromatic heterocycles. The Balaban J connectivity index is 2.05. The standard InChI is InChI=1S/C23H17ClF5N5O4S/c1-8(2)16-17(9(3)5-6-30-16)34-22-10(7-11(25)20(24)31-22)21(32-23(34)35)33-39(36,37)19-15(29)13(27)12(26)14(28)18(19)38-4/h5-8H,1-4H3,(H,32,33,35). The van der Waals surface area contributed by atoms with Crippen molar-refractivity contribution in [2.24, 2.45) is 0 Å². The molecule has 0 aliphatic carbocycles. The molecule has 1 aromatic carbocycles. The van der Waals surface area contributed by atoms with Crippen LogP contribution >= 0.6 is 11.6 Å². The quantitative estimate of drug-likeness (QED) is 0.149. The molecule has 0 radical (unpaired) electrons. The maximum Gasteiger partial charge on any atom is 0.355 e. The second-order valence-corrected chi connectivity index (χ2v) is 10.4. The maximum atomic E-state index is 14.6. The first-order chi connectivity index (χ1) is 18.2. The van der Waals surface area contributed by atoms with E-state index in [2.05, 4.69) is 19.7 Å². The van der Waals surface area contributed by atoms with E-state index in [1.54, 1.807) is 31.6 Å². The molecular weight excluding hydrogens is 573 g/mol. The number of fused-ring (bicyclic) bond motifs is 1. The van der Waals surface area contributed by atoms with Crippen molar-refractivity contribution in [2.45, 2.75) is 31.6 Å². The number of benzene rings is 1. The third kappa shape index (κ3) is 4.65. The fourth-order valence-electron chi connectivity index (χ4n) is 3.85. The van der Waals surface area contributed by atoms with Crippen molar-refractivity contribution < 1.29 is 35.1 Å². The van der Waals surface area contributed by atoms with Crippen LogP contribution in [-0.4, -0.2) is 35.0 Å². The highest BCUT2D eigenvalue weighted by Crippen LogP contribution is 2.36. The van der Waals surface area contributed by atoms with E-state index in [1.165, 1.54) is 6.20 Å². The summed E-state index contributed by atoms with van der Waals surface area (Å²) in [7, 11) is -4.70. The number of rotatable bonds is 6. The van der Waals surface area contributed by atoms with Crippen LogP contribution in [0.25, 0.3) is 16.7 Å². The largest absolute Gasteiger partial charge is 0.492 e. The van der Waals surface area contributed by atoms with Gasteiger partial charge in [-0.25, -0.2) is 40.3 Å². The summed E-state index contributed by atoms with van der Waals surface area (Å²) in [5.41, 5.74) is -0.355.